The Hall–Kier alpha value is -2.30. The third-order valence-corrected chi connectivity index (χ3v) is 3.13. The SMILES string of the molecule is O=C(/C=C1/CN2C(=O)CC2O1)OCc1ccccc1. The lowest BCUT2D eigenvalue weighted by Crippen LogP contribution is -2.48. The number of hydrogen-bond donors (Lipinski definition) is 0. The van der Waals surface area contributed by atoms with Crippen LogP contribution in [0.15, 0.2) is 42.2 Å². The van der Waals surface area contributed by atoms with Gasteiger partial charge in [0.25, 0.3) is 0 Å². The first-order chi connectivity index (χ1) is 9.22. The van der Waals surface area contributed by atoms with E-state index in [1.807, 2.05) is 30.3 Å². The summed E-state index contributed by atoms with van der Waals surface area (Å²) in [5.74, 6) is 0.105. The summed E-state index contributed by atoms with van der Waals surface area (Å²) in [5, 5.41) is 0. The minimum Gasteiger partial charge on any atom is -0.472 e. The number of hydrogen-bond acceptors (Lipinski definition) is 4. The zero-order chi connectivity index (χ0) is 13.2. The molecule has 1 atom stereocenters. The topological polar surface area (TPSA) is 55.8 Å². The van der Waals surface area contributed by atoms with Gasteiger partial charge in [-0.3, -0.25) is 9.69 Å². The predicted molar refractivity (Wildman–Crippen MR) is 65.5 cm³/mol. The molecule has 5 heteroatoms. The van der Waals surface area contributed by atoms with Crippen molar-refractivity contribution in [2.75, 3.05) is 6.54 Å². The van der Waals surface area contributed by atoms with E-state index in [1.165, 1.54) is 6.08 Å². The van der Waals surface area contributed by atoms with Crippen LogP contribution in [0.25, 0.3) is 0 Å². The van der Waals surface area contributed by atoms with Crippen molar-refractivity contribution in [1.29, 1.82) is 0 Å². The number of carbonyl (C=O) groups excluding carboxylic acids is 2. The minimum absolute atomic E-state index is 0.0612. The van der Waals surface area contributed by atoms with Crippen molar-refractivity contribution in [3.63, 3.8) is 0 Å². The van der Waals surface area contributed by atoms with Gasteiger partial charge in [0.1, 0.15) is 12.4 Å². The van der Waals surface area contributed by atoms with E-state index in [0.717, 1.165) is 5.56 Å². The van der Waals surface area contributed by atoms with Crippen molar-refractivity contribution in [2.24, 2.45) is 0 Å². The van der Waals surface area contributed by atoms with Crippen LogP contribution in [-0.2, 0) is 25.7 Å². The standard InChI is InChI=1S/C14H13NO4/c16-12-7-13-15(12)8-11(19-13)6-14(17)18-9-10-4-2-1-3-5-10/h1-6,13H,7-9H2/b11-6-. The fourth-order valence-corrected chi connectivity index (χ4v) is 2.08. The minimum atomic E-state index is -0.450. The largest absolute Gasteiger partial charge is 0.472 e. The van der Waals surface area contributed by atoms with E-state index in [2.05, 4.69) is 0 Å². The molecular weight excluding hydrogens is 246 g/mol. The lowest BCUT2D eigenvalue weighted by atomic mass is 10.2. The molecule has 0 saturated carbocycles. The number of fused-ring (bicyclic) bond motifs is 1. The summed E-state index contributed by atoms with van der Waals surface area (Å²) in [7, 11) is 0. The van der Waals surface area contributed by atoms with Crippen LogP contribution in [-0.4, -0.2) is 29.5 Å². The van der Waals surface area contributed by atoms with Gasteiger partial charge in [-0.2, -0.15) is 0 Å². The number of ether oxygens (including phenoxy) is 2. The van der Waals surface area contributed by atoms with Crippen molar-refractivity contribution in [3.05, 3.63) is 47.7 Å². The molecule has 1 aromatic rings. The molecule has 1 unspecified atom stereocenters. The highest BCUT2D eigenvalue weighted by Crippen LogP contribution is 2.30. The molecule has 0 spiro atoms. The average Bonchev–Trinajstić information content (AvgIpc) is 2.74. The summed E-state index contributed by atoms with van der Waals surface area (Å²) in [6.45, 7) is 0.597. The summed E-state index contributed by atoms with van der Waals surface area (Å²) in [6, 6.07) is 9.45. The van der Waals surface area contributed by atoms with Crippen molar-refractivity contribution in [1.82, 2.24) is 4.90 Å². The third kappa shape index (κ3) is 2.45. The first kappa shape index (κ1) is 11.8. The van der Waals surface area contributed by atoms with Crippen molar-refractivity contribution < 1.29 is 19.1 Å². The fraction of sp³-hybridized carbons (Fsp3) is 0.286. The van der Waals surface area contributed by atoms with Crippen molar-refractivity contribution in [2.45, 2.75) is 19.3 Å². The van der Waals surface area contributed by atoms with Crippen LogP contribution >= 0.6 is 0 Å². The van der Waals surface area contributed by atoms with Gasteiger partial charge in [-0.15, -0.1) is 0 Å². The molecule has 98 valence electrons. The summed E-state index contributed by atoms with van der Waals surface area (Å²) in [4.78, 5) is 24.4. The second-order valence-electron chi connectivity index (χ2n) is 4.50. The van der Waals surface area contributed by atoms with Crippen LogP contribution in [0.5, 0.6) is 0 Å². The van der Waals surface area contributed by atoms with E-state index in [9.17, 15) is 9.59 Å². The number of carbonyl (C=O) groups is 2. The summed E-state index contributed by atoms with van der Waals surface area (Å²) >= 11 is 0. The smallest absolute Gasteiger partial charge is 0.334 e. The summed E-state index contributed by atoms with van der Waals surface area (Å²) in [5.41, 5.74) is 0.931. The first-order valence-corrected chi connectivity index (χ1v) is 6.10. The third-order valence-electron chi connectivity index (χ3n) is 3.13. The van der Waals surface area contributed by atoms with Crippen LogP contribution in [0.2, 0.25) is 0 Å². The predicted octanol–water partition coefficient (Wildman–Crippen LogP) is 1.20. The summed E-state index contributed by atoms with van der Waals surface area (Å²) < 4.78 is 10.5. The highest BCUT2D eigenvalue weighted by atomic mass is 16.5. The van der Waals surface area contributed by atoms with Crippen LogP contribution in [0.1, 0.15) is 12.0 Å². The zero-order valence-electron chi connectivity index (χ0n) is 10.2. The molecule has 1 amide bonds. The molecule has 0 aromatic heterocycles. The van der Waals surface area contributed by atoms with Gasteiger partial charge in [0.2, 0.25) is 5.91 Å². The Balaban J connectivity index is 1.53. The molecule has 1 aromatic carbocycles. The number of esters is 1. The number of amides is 1. The molecule has 2 heterocycles. The lowest BCUT2D eigenvalue weighted by Gasteiger charge is -2.30. The molecule has 0 radical (unpaired) electrons. The number of nitrogens with zero attached hydrogens (tertiary/aromatic N) is 1. The Morgan fingerprint density at radius 1 is 1.42 bits per heavy atom. The lowest BCUT2D eigenvalue weighted by molar-refractivity contribution is -0.154. The molecule has 0 bridgehead atoms. The monoisotopic (exact) mass is 259 g/mol. The molecule has 0 N–H and O–H groups in total. The Morgan fingerprint density at radius 2 is 2.21 bits per heavy atom. The second-order valence-corrected chi connectivity index (χ2v) is 4.50. The van der Waals surface area contributed by atoms with Crippen LogP contribution in [0, 0.1) is 0 Å². The highest BCUT2D eigenvalue weighted by molar-refractivity contribution is 5.85. The van der Waals surface area contributed by atoms with Crippen LogP contribution in [0.4, 0.5) is 0 Å². The molecule has 19 heavy (non-hydrogen) atoms. The Morgan fingerprint density at radius 3 is 2.89 bits per heavy atom. The molecule has 2 fully saturated rings. The van der Waals surface area contributed by atoms with Gasteiger partial charge in [-0.25, -0.2) is 4.79 Å². The average molecular weight is 259 g/mol. The van der Waals surface area contributed by atoms with Crippen LogP contribution in [0.3, 0.4) is 0 Å². The number of rotatable bonds is 3. The highest BCUT2D eigenvalue weighted by Gasteiger charge is 2.43. The van der Waals surface area contributed by atoms with Gasteiger partial charge in [-0.1, -0.05) is 30.3 Å². The molecule has 5 nitrogen and oxygen atoms in total. The van der Waals surface area contributed by atoms with E-state index >= 15 is 0 Å². The molecule has 0 aliphatic carbocycles. The van der Waals surface area contributed by atoms with E-state index in [4.69, 9.17) is 9.47 Å². The first-order valence-electron chi connectivity index (χ1n) is 6.10. The number of benzene rings is 1. The van der Waals surface area contributed by atoms with Gasteiger partial charge in [0.05, 0.1) is 19.0 Å². The maximum absolute atomic E-state index is 11.6. The quantitative estimate of drug-likeness (QED) is 0.465. The van der Waals surface area contributed by atoms with E-state index < -0.39 is 5.97 Å². The Labute approximate surface area is 110 Å². The van der Waals surface area contributed by atoms with Gasteiger partial charge in [0, 0.05) is 0 Å². The molecule has 2 saturated heterocycles. The van der Waals surface area contributed by atoms with E-state index in [0.29, 0.717) is 18.7 Å². The zero-order valence-corrected chi connectivity index (χ0v) is 10.2. The molecule has 2 aliphatic heterocycles. The van der Waals surface area contributed by atoms with Gasteiger partial charge >= 0.3 is 5.97 Å². The molecular formula is C14H13NO4. The maximum Gasteiger partial charge on any atom is 0.334 e. The normalized spacial score (nSPS) is 22.7. The Kier molecular flexibility index (Phi) is 2.95. The van der Waals surface area contributed by atoms with E-state index in [-0.39, 0.29) is 18.7 Å². The fourth-order valence-electron chi connectivity index (χ4n) is 2.08. The summed E-state index contributed by atoms with van der Waals surface area (Å²) in [6.07, 6.45) is 1.53. The van der Waals surface area contributed by atoms with Gasteiger partial charge in [0.15, 0.2) is 6.23 Å². The Bertz CT molecular complexity index is 538. The van der Waals surface area contributed by atoms with E-state index in [1.54, 1.807) is 4.90 Å². The van der Waals surface area contributed by atoms with Crippen molar-refractivity contribution >= 4 is 11.9 Å². The van der Waals surface area contributed by atoms with Gasteiger partial charge < -0.3 is 9.47 Å². The van der Waals surface area contributed by atoms with Crippen molar-refractivity contribution in [3.8, 4) is 0 Å². The molecule has 2 aliphatic rings. The number of β-lactam (4-membered cyclic amide) rings is 1. The molecule has 3 rings (SSSR count). The van der Waals surface area contributed by atoms with Gasteiger partial charge in [-0.05, 0) is 5.56 Å². The second kappa shape index (κ2) is 4.76. The van der Waals surface area contributed by atoms with Crippen LogP contribution < -0.4 is 0 Å². The maximum atomic E-state index is 11.6.